The maximum absolute atomic E-state index is 13.4. The van der Waals surface area contributed by atoms with Gasteiger partial charge in [-0.25, -0.2) is 4.39 Å². The highest BCUT2D eigenvalue weighted by Gasteiger charge is 2.13. The van der Waals surface area contributed by atoms with Crippen molar-refractivity contribution in [2.24, 2.45) is 0 Å². The summed E-state index contributed by atoms with van der Waals surface area (Å²) in [4.78, 5) is 0. The lowest BCUT2D eigenvalue weighted by Gasteiger charge is -2.20. The van der Waals surface area contributed by atoms with E-state index in [9.17, 15) is 4.39 Å². The molecule has 1 atom stereocenters. The molecule has 100 valence electrons. The molecule has 0 heterocycles. The second-order valence-electron chi connectivity index (χ2n) is 4.97. The number of benzene rings is 2. The van der Waals surface area contributed by atoms with E-state index in [1.807, 2.05) is 32.2 Å². The lowest BCUT2D eigenvalue weighted by Crippen LogP contribution is -2.20. The van der Waals surface area contributed by atoms with Crippen LogP contribution in [0.1, 0.15) is 28.3 Å². The molecule has 0 radical (unpaired) electrons. The molecule has 0 saturated heterocycles. The molecule has 2 aromatic carbocycles. The van der Waals surface area contributed by atoms with Gasteiger partial charge in [-0.1, -0.05) is 30.3 Å². The molecule has 0 amide bonds. The largest absolute Gasteiger partial charge is 0.313 e. The number of hydrogen-bond acceptors (Lipinski definition) is 1. The fourth-order valence-electron chi connectivity index (χ4n) is 2.43. The summed E-state index contributed by atoms with van der Waals surface area (Å²) in [7, 11) is 1.95. The van der Waals surface area contributed by atoms with Gasteiger partial charge in [0.05, 0.1) is 0 Å². The lowest BCUT2D eigenvalue weighted by atomic mass is 9.93. The fraction of sp³-hybridized carbons (Fsp3) is 0.294. The minimum atomic E-state index is -0.166. The van der Waals surface area contributed by atoms with Gasteiger partial charge in [-0.15, -0.1) is 0 Å². The van der Waals surface area contributed by atoms with Crippen molar-refractivity contribution in [1.29, 1.82) is 0 Å². The number of rotatable bonds is 4. The fourth-order valence-corrected chi connectivity index (χ4v) is 2.43. The highest BCUT2D eigenvalue weighted by Crippen LogP contribution is 2.23. The Bertz CT molecular complexity index is 563. The molecule has 1 nitrogen and oxygen atoms in total. The second-order valence-corrected chi connectivity index (χ2v) is 4.97. The minimum Gasteiger partial charge on any atom is -0.313 e. The van der Waals surface area contributed by atoms with E-state index in [2.05, 4.69) is 24.4 Å². The van der Waals surface area contributed by atoms with E-state index in [0.29, 0.717) is 0 Å². The summed E-state index contributed by atoms with van der Waals surface area (Å²) in [5, 5.41) is 3.33. The number of aryl methyl sites for hydroxylation is 2. The average molecular weight is 257 g/mol. The zero-order valence-corrected chi connectivity index (χ0v) is 11.7. The monoisotopic (exact) mass is 257 g/mol. The van der Waals surface area contributed by atoms with Gasteiger partial charge in [-0.3, -0.25) is 0 Å². The smallest absolute Gasteiger partial charge is 0.123 e. The van der Waals surface area contributed by atoms with Crippen LogP contribution in [0.3, 0.4) is 0 Å². The lowest BCUT2D eigenvalue weighted by molar-refractivity contribution is 0.580. The molecule has 2 rings (SSSR count). The van der Waals surface area contributed by atoms with Gasteiger partial charge in [0.15, 0.2) is 0 Å². The maximum atomic E-state index is 13.4. The van der Waals surface area contributed by atoms with Crippen molar-refractivity contribution in [3.05, 3.63) is 70.5 Å². The Morgan fingerprint density at radius 2 is 1.79 bits per heavy atom. The molecule has 0 saturated carbocycles. The molecule has 0 bridgehead atoms. The third kappa shape index (κ3) is 3.21. The Hall–Kier alpha value is -1.67. The standard InChI is InChI=1S/C17H20FN/c1-12-8-9-15(18)10-14(12)11-17(19-3)16-7-5-4-6-13(16)2/h4-10,17,19H,11H2,1-3H3. The zero-order valence-electron chi connectivity index (χ0n) is 11.7. The Balaban J connectivity index is 2.29. The van der Waals surface area contributed by atoms with E-state index in [-0.39, 0.29) is 11.9 Å². The van der Waals surface area contributed by atoms with E-state index in [1.165, 1.54) is 17.2 Å². The van der Waals surface area contributed by atoms with Crippen LogP contribution in [-0.4, -0.2) is 7.05 Å². The quantitative estimate of drug-likeness (QED) is 0.874. The van der Waals surface area contributed by atoms with Crippen molar-refractivity contribution in [2.45, 2.75) is 26.3 Å². The molecule has 0 fully saturated rings. The van der Waals surface area contributed by atoms with Crippen LogP contribution >= 0.6 is 0 Å². The second kappa shape index (κ2) is 5.98. The predicted molar refractivity (Wildman–Crippen MR) is 77.8 cm³/mol. The summed E-state index contributed by atoms with van der Waals surface area (Å²) in [6, 6.07) is 13.5. The van der Waals surface area contributed by atoms with Crippen molar-refractivity contribution in [3.8, 4) is 0 Å². The van der Waals surface area contributed by atoms with Gasteiger partial charge < -0.3 is 5.32 Å². The van der Waals surface area contributed by atoms with Crippen LogP contribution < -0.4 is 5.32 Å². The molecule has 2 heteroatoms. The summed E-state index contributed by atoms with van der Waals surface area (Å²) in [6.45, 7) is 4.14. The molecule has 1 unspecified atom stereocenters. The van der Waals surface area contributed by atoms with Crippen molar-refractivity contribution < 1.29 is 4.39 Å². The number of hydrogen-bond donors (Lipinski definition) is 1. The van der Waals surface area contributed by atoms with E-state index >= 15 is 0 Å². The van der Waals surface area contributed by atoms with E-state index < -0.39 is 0 Å². The van der Waals surface area contributed by atoms with E-state index in [4.69, 9.17) is 0 Å². The molecule has 1 N–H and O–H groups in total. The normalized spacial score (nSPS) is 12.4. The highest BCUT2D eigenvalue weighted by molar-refractivity contribution is 5.33. The molecule has 0 aliphatic rings. The number of likely N-dealkylation sites (N-methyl/N-ethyl adjacent to an activating group) is 1. The van der Waals surface area contributed by atoms with Crippen LogP contribution in [0.5, 0.6) is 0 Å². The first kappa shape index (κ1) is 13.8. The molecule has 19 heavy (non-hydrogen) atoms. The first-order valence-corrected chi connectivity index (χ1v) is 6.59. The van der Waals surface area contributed by atoms with Gasteiger partial charge in [-0.05, 0) is 61.7 Å². The van der Waals surface area contributed by atoms with Gasteiger partial charge in [0, 0.05) is 6.04 Å². The van der Waals surface area contributed by atoms with Gasteiger partial charge in [0.2, 0.25) is 0 Å². The minimum absolute atomic E-state index is 0.166. The summed E-state index contributed by atoms with van der Waals surface area (Å²) in [5.74, 6) is -0.166. The Morgan fingerprint density at radius 1 is 1.05 bits per heavy atom. The van der Waals surface area contributed by atoms with Crippen molar-refractivity contribution in [1.82, 2.24) is 5.32 Å². The Kier molecular flexibility index (Phi) is 4.33. The van der Waals surface area contributed by atoms with Crippen LogP contribution in [0.15, 0.2) is 42.5 Å². The van der Waals surface area contributed by atoms with Gasteiger partial charge in [-0.2, -0.15) is 0 Å². The van der Waals surface area contributed by atoms with Crippen LogP contribution in [0.25, 0.3) is 0 Å². The zero-order chi connectivity index (χ0) is 13.8. The van der Waals surface area contributed by atoms with Crippen LogP contribution in [0.4, 0.5) is 4.39 Å². The molecule has 0 aliphatic carbocycles. The Labute approximate surface area is 114 Å². The van der Waals surface area contributed by atoms with E-state index in [0.717, 1.165) is 17.5 Å². The topological polar surface area (TPSA) is 12.0 Å². The SMILES string of the molecule is CNC(Cc1cc(F)ccc1C)c1ccccc1C. The molecular formula is C17H20FN. The molecule has 0 spiro atoms. The molecule has 0 aromatic heterocycles. The Morgan fingerprint density at radius 3 is 2.47 bits per heavy atom. The highest BCUT2D eigenvalue weighted by atomic mass is 19.1. The third-order valence-electron chi connectivity index (χ3n) is 3.65. The third-order valence-corrected chi connectivity index (χ3v) is 3.65. The summed E-state index contributed by atoms with van der Waals surface area (Å²) < 4.78 is 13.4. The molecule has 0 aliphatic heterocycles. The maximum Gasteiger partial charge on any atom is 0.123 e. The first-order chi connectivity index (χ1) is 9.11. The van der Waals surface area contributed by atoms with Gasteiger partial charge in [0.1, 0.15) is 5.82 Å². The molecule has 2 aromatic rings. The van der Waals surface area contributed by atoms with Crippen LogP contribution in [0.2, 0.25) is 0 Å². The van der Waals surface area contributed by atoms with Crippen molar-refractivity contribution in [2.75, 3.05) is 7.05 Å². The number of nitrogens with one attached hydrogen (secondary N) is 1. The predicted octanol–water partition coefficient (Wildman–Crippen LogP) is 3.95. The number of halogens is 1. The van der Waals surface area contributed by atoms with Crippen molar-refractivity contribution in [3.63, 3.8) is 0 Å². The summed E-state index contributed by atoms with van der Waals surface area (Å²) >= 11 is 0. The average Bonchev–Trinajstić information content (AvgIpc) is 2.41. The van der Waals surface area contributed by atoms with Gasteiger partial charge in [0.25, 0.3) is 0 Å². The summed E-state index contributed by atoms with van der Waals surface area (Å²) in [5.41, 5.74) is 4.72. The first-order valence-electron chi connectivity index (χ1n) is 6.59. The van der Waals surface area contributed by atoms with Crippen LogP contribution in [0, 0.1) is 19.7 Å². The van der Waals surface area contributed by atoms with Crippen molar-refractivity contribution >= 4 is 0 Å². The van der Waals surface area contributed by atoms with Crippen LogP contribution in [-0.2, 0) is 6.42 Å². The molecular weight excluding hydrogens is 237 g/mol. The van der Waals surface area contributed by atoms with E-state index in [1.54, 1.807) is 6.07 Å². The summed E-state index contributed by atoms with van der Waals surface area (Å²) in [6.07, 6.45) is 0.797. The van der Waals surface area contributed by atoms with Gasteiger partial charge >= 0.3 is 0 Å².